The molecule has 0 bridgehead atoms. The predicted octanol–water partition coefficient (Wildman–Crippen LogP) is 3.40. The molecular formula is C20H20ClNO4. The van der Waals surface area contributed by atoms with Crippen LogP contribution in [0.2, 0.25) is 5.02 Å². The van der Waals surface area contributed by atoms with Gasteiger partial charge >= 0.3 is 5.97 Å². The SMILES string of the molecule is Cc1cccc(OCCNC(=O)COC(=O)/C=C/c2ccc(Cl)cc2)c1. The fourth-order valence-electron chi connectivity index (χ4n) is 2.04. The second-order valence-electron chi connectivity index (χ2n) is 5.51. The molecule has 2 aromatic rings. The molecule has 0 aromatic heterocycles. The van der Waals surface area contributed by atoms with E-state index in [1.807, 2.05) is 31.2 Å². The molecule has 0 aliphatic heterocycles. The van der Waals surface area contributed by atoms with Crippen molar-refractivity contribution in [2.24, 2.45) is 0 Å². The summed E-state index contributed by atoms with van der Waals surface area (Å²) in [5.41, 5.74) is 1.91. The number of carbonyl (C=O) groups is 2. The third kappa shape index (κ3) is 7.40. The molecule has 1 amide bonds. The molecule has 0 aliphatic carbocycles. The van der Waals surface area contributed by atoms with Gasteiger partial charge in [-0.3, -0.25) is 4.79 Å². The number of hydrogen-bond acceptors (Lipinski definition) is 4. The lowest BCUT2D eigenvalue weighted by molar-refractivity contribution is -0.143. The van der Waals surface area contributed by atoms with Gasteiger partial charge in [-0.1, -0.05) is 35.9 Å². The molecule has 0 fully saturated rings. The summed E-state index contributed by atoms with van der Waals surface area (Å²) >= 11 is 5.78. The Balaban J connectivity index is 1.62. The number of ether oxygens (including phenoxy) is 2. The van der Waals surface area contributed by atoms with E-state index in [2.05, 4.69) is 5.32 Å². The first kappa shape index (κ1) is 19.5. The Morgan fingerprint density at radius 3 is 2.65 bits per heavy atom. The van der Waals surface area contributed by atoms with Crippen molar-refractivity contribution < 1.29 is 19.1 Å². The minimum atomic E-state index is -0.592. The Hall–Kier alpha value is -2.79. The average molecular weight is 374 g/mol. The summed E-state index contributed by atoms with van der Waals surface area (Å²) in [6.07, 6.45) is 2.85. The zero-order chi connectivity index (χ0) is 18.8. The van der Waals surface area contributed by atoms with Crippen LogP contribution in [0.3, 0.4) is 0 Å². The summed E-state index contributed by atoms with van der Waals surface area (Å²) in [7, 11) is 0. The molecule has 0 aliphatic rings. The summed E-state index contributed by atoms with van der Waals surface area (Å²) in [4.78, 5) is 23.2. The summed E-state index contributed by atoms with van der Waals surface area (Å²) in [5.74, 6) is -0.227. The number of carbonyl (C=O) groups excluding carboxylic acids is 2. The number of halogens is 1. The zero-order valence-corrected chi connectivity index (χ0v) is 15.2. The van der Waals surface area contributed by atoms with Gasteiger partial charge in [-0.15, -0.1) is 0 Å². The minimum absolute atomic E-state index is 0.324. The summed E-state index contributed by atoms with van der Waals surface area (Å²) in [6, 6.07) is 14.6. The van der Waals surface area contributed by atoms with Crippen molar-refractivity contribution in [1.82, 2.24) is 5.32 Å². The number of esters is 1. The standard InChI is InChI=1S/C20H20ClNO4/c1-15-3-2-4-18(13-15)25-12-11-22-19(23)14-26-20(24)10-7-16-5-8-17(21)9-6-16/h2-10,13H,11-12,14H2,1H3,(H,22,23)/b10-7+. The maximum atomic E-state index is 11.6. The van der Waals surface area contributed by atoms with Crippen molar-refractivity contribution in [2.45, 2.75) is 6.92 Å². The van der Waals surface area contributed by atoms with E-state index in [1.54, 1.807) is 30.3 Å². The number of rotatable bonds is 8. The second-order valence-corrected chi connectivity index (χ2v) is 5.94. The van der Waals surface area contributed by atoms with E-state index in [0.29, 0.717) is 18.2 Å². The normalized spacial score (nSPS) is 10.5. The van der Waals surface area contributed by atoms with Gasteiger partial charge < -0.3 is 14.8 Å². The van der Waals surface area contributed by atoms with Crippen LogP contribution in [0.25, 0.3) is 6.08 Å². The summed E-state index contributed by atoms with van der Waals surface area (Å²) in [5, 5.41) is 3.24. The quantitative estimate of drug-likeness (QED) is 0.437. The van der Waals surface area contributed by atoms with Crippen LogP contribution in [-0.4, -0.2) is 31.6 Å². The van der Waals surface area contributed by atoms with Gasteiger partial charge in [-0.25, -0.2) is 4.79 Å². The van der Waals surface area contributed by atoms with Crippen LogP contribution in [0.1, 0.15) is 11.1 Å². The highest BCUT2D eigenvalue weighted by Gasteiger charge is 2.04. The first-order valence-corrected chi connectivity index (χ1v) is 8.47. The second kappa shape index (κ2) is 10.3. The Morgan fingerprint density at radius 2 is 1.92 bits per heavy atom. The van der Waals surface area contributed by atoms with Gasteiger partial charge in [0.05, 0.1) is 6.54 Å². The summed E-state index contributed by atoms with van der Waals surface area (Å²) in [6.45, 7) is 2.29. The molecule has 0 spiro atoms. The van der Waals surface area contributed by atoms with Crippen LogP contribution in [0.5, 0.6) is 5.75 Å². The van der Waals surface area contributed by atoms with Crippen LogP contribution in [0, 0.1) is 6.92 Å². The van der Waals surface area contributed by atoms with E-state index < -0.39 is 5.97 Å². The van der Waals surface area contributed by atoms with Crippen molar-refractivity contribution in [3.8, 4) is 5.75 Å². The highest BCUT2D eigenvalue weighted by Crippen LogP contribution is 2.12. The predicted molar refractivity (Wildman–Crippen MR) is 101 cm³/mol. The molecule has 0 saturated heterocycles. The van der Waals surface area contributed by atoms with E-state index in [9.17, 15) is 9.59 Å². The van der Waals surface area contributed by atoms with Gasteiger partial charge in [0.15, 0.2) is 6.61 Å². The number of amides is 1. The largest absolute Gasteiger partial charge is 0.492 e. The van der Waals surface area contributed by atoms with Crippen LogP contribution < -0.4 is 10.1 Å². The molecule has 1 N–H and O–H groups in total. The molecule has 0 heterocycles. The smallest absolute Gasteiger partial charge is 0.331 e. The molecule has 0 unspecified atom stereocenters. The maximum Gasteiger partial charge on any atom is 0.331 e. The highest BCUT2D eigenvalue weighted by molar-refractivity contribution is 6.30. The molecule has 0 atom stereocenters. The third-order valence-electron chi connectivity index (χ3n) is 3.31. The van der Waals surface area contributed by atoms with Crippen LogP contribution in [0.4, 0.5) is 0 Å². The lowest BCUT2D eigenvalue weighted by Gasteiger charge is -2.08. The van der Waals surface area contributed by atoms with Crippen molar-refractivity contribution >= 4 is 29.6 Å². The van der Waals surface area contributed by atoms with Gasteiger partial charge in [0.2, 0.25) is 0 Å². The Bertz CT molecular complexity index is 772. The molecular weight excluding hydrogens is 354 g/mol. The van der Waals surface area contributed by atoms with Crippen LogP contribution >= 0.6 is 11.6 Å². The van der Waals surface area contributed by atoms with Crippen LogP contribution in [0.15, 0.2) is 54.6 Å². The van der Waals surface area contributed by atoms with E-state index in [0.717, 1.165) is 16.9 Å². The average Bonchev–Trinajstić information content (AvgIpc) is 2.63. The van der Waals surface area contributed by atoms with Crippen molar-refractivity contribution in [3.63, 3.8) is 0 Å². The first-order chi connectivity index (χ1) is 12.5. The molecule has 5 nitrogen and oxygen atoms in total. The monoisotopic (exact) mass is 373 g/mol. The minimum Gasteiger partial charge on any atom is -0.492 e. The maximum absolute atomic E-state index is 11.6. The van der Waals surface area contributed by atoms with E-state index >= 15 is 0 Å². The molecule has 2 aromatic carbocycles. The molecule has 0 saturated carbocycles. The number of nitrogens with one attached hydrogen (secondary N) is 1. The van der Waals surface area contributed by atoms with Crippen molar-refractivity contribution in [1.29, 1.82) is 0 Å². The van der Waals surface area contributed by atoms with Gasteiger partial charge in [0, 0.05) is 11.1 Å². The van der Waals surface area contributed by atoms with E-state index in [4.69, 9.17) is 21.1 Å². The third-order valence-corrected chi connectivity index (χ3v) is 3.56. The Morgan fingerprint density at radius 1 is 1.15 bits per heavy atom. The molecule has 136 valence electrons. The van der Waals surface area contributed by atoms with Crippen molar-refractivity contribution in [2.75, 3.05) is 19.8 Å². The molecule has 6 heteroatoms. The number of aryl methyl sites for hydroxylation is 1. The van der Waals surface area contributed by atoms with Gasteiger partial charge in [-0.2, -0.15) is 0 Å². The molecule has 2 rings (SSSR count). The first-order valence-electron chi connectivity index (χ1n) is 8.09. The number of hydrogen-bond donors (Lipinski definition) is 1. The molecule has 26 heavy (non-hydrogen) atoms. The van der Waals surface area contributed by atoms with E-state index in [-0.39, 0.29) is 12.5 Å². The highest BCUT2D eigenvalue weighted by atomic mass is 35.5. The Kier molecular flexibility index (Phi) is 7.71. The lowest BCUT2D eigenvalue weighted by atomic mass is 10.2. The fourth-order valence-corrected chi connectivity index (χ4v) is 2.16. The lowest BCUT2D eigenvalue weighted by Crippen LogP contribution is -2.31. The van der Waals surface area contributed by atoms with Gasteiger partial charge in [-0.05, 0) is 48.4 Å². The van der Waals surface area contributed by atoms with Crippen LogP contribution in [-0.2, 0) is 14.3 Å². The molecule has 0 radical (unpaired) electrons. The van der Waals surface area contributed by atoms with Crippen molar-refractivity contribution in [3.05, 3.63) is 70.8 Å². The fraction of sp³-hybridized carbons (Fsp3) is 0.200. The van der Waals surface area contributed by atoms with Gasteiger partial charge in [0.1, 0.15) is 12.4 Å². The summed E-state index contributed by atoms with van der Waals surface area (Å²) < 4.78 is 10.4. The Labute approximate surface area is 157 Å². The van der Waals surface area contributed by atoms with Gasteiger partial charge in [0.25, 0.3) is 5.91 Å². The topological polar surface area (TPSA) is 64.6 Å². The number of benzene rings is 2. The van der Waals surface area contributed by atoms with E-state index in [1.165, 1.54) is 6.08 Å². The zero-order valence-electron chi connectivity index (χ0n) is 14.4.